The van der Waals surface area contributed by atoms with E-state index in [4.69, 9.17) is 44.3 Å². The number of carbonyl (C=O) groups is 2. The molecule has 0 aliphatic carbocycles. The molecule has 2 aliphatic rings. The number of rotatable bonds is 6. The Morgan fingerprint density at radius 2 is 1.68 bits per heavy atom. The van der Waals surface area contributed by atoms with Crippen LogP contribution in [-0.2, 0) is 9.53 Å². The summed E-state index contributed by atoms with van der Waals surface area (Å²) in [6.45, 7) is 3.58. The molecule has 1 atom stereocenters. The van der Waals surface area contributed by atoms with E-state index in [-0.39, 0.29) is 11.8 Å². The van der Waals surface area contributed by atoms with Crippen LogP contribution in [0.25, 0.3) is 0 Å². The first-order valence-electron chi connectivity index (χ1n) is 11.3. The van der Waals surface area contributed by atoms with E-state index in [1.54, 1.807) is 47.4 Å². The number of benzene rings is 2. The van der Waals surface area contributed by atoms with Crippen LogP contribution >= 0.6 is 34.8 Å². The Balaban J connectivity index is 1.53. The van der Waals surface area contributed by atoms with E-state index in [0.29, 0.717) is 78.8 Å². The highest BCUT2D eigenvalue weighted by molar-refractivity contribution is 6.42. The van der Waals surface area contributed by atoms with Crippen LogP contribution in [0.2, 0.25) is 15.1 Å². The largest absolute Gasteiger partial charge is 0.493 e. The number of ether oxygens (including phenoxy) is 2. The van der Waals surface area contributed by atoms with Gasteiger partial charge < -0.3 is 19.3 Å². The summed E-state index contributed by atoms with van der Waals surface area (Å²) < 4.78 is 11.5. The lowest BCUT2D eigenvalue weighted by Crippen LogP contribution is -2.52. The molecule has 2 amide bonds. The van der Waals surface area contributed by atoms with Gasteiger partial charge in [-0.15, -0.1) is 0 Å². The van der Waals surface area contributed by atoms with Crippen LogP contribution < -0.4 is 4.74 Å². The van der Waals surface area contributed by atoms with Crippen LogP contribution in [0, 0.1) is 5.41 Å². The topological polar surface area (TPSA) is 59.1 Å². The fourth-order valence-corrected chi connectivity index (χ4v) is 4.94. The van der Waals surface area contributed by atoms with E-state index in [9.17, 15) is 9.59 Å². The summed E-state index contributed by atoms with van der Waals surface area (Å²) in [5.41, 5.74) is -0.0394. The molecule has 0 bridgehead atoms. The Morgan fingerprint density at radius 1 is 0.941 bits per heavy atom. The van der Waals surface area contributed by atoms with Crippen molar-refractivity contribution >= 4 is 46.6 Å². The minimum absolute atomic E-state index is 0.0619. The number of hydrogen-bond donors (Lipinski definition) is 0. The average molecular weight is 526 g/mol. The number of halogens is 3. The molecule has 2 aliphatic heterocycles. The second-order valence-electron chi connectivity index (χ2n) is 8.87. The number of amides is 2. The highest BCUT2D eigenvalue weighted by atomic mass is 35.5. The van der Waals surface area contributed by atoms with Gasteiger partial charge >= 0.3 is 0 Å². The normalized spacial score (nSPS) is 20.8. The van der Waals surface area contributed by atoms with Crippen molar-refractivity contribution < 1.29 is 19.1 Å². The van der Waals surface area contributed by atoms with Gasteiger partial charge in [-0.3, -0.25) is 9.59 Å². The summed E-state index contributed by atoms with van der Waals surface area (Å²) in [4.78, 5) is 30.2. The van der Waals surface area contributed by atoms with Gasteiger partial charge in [0.15, 0.2) is 0 Å². The molecule has 0 aromatic heterocycles. The standard InChI is InChI=1S/C25H27Cl3N2O4/c26-19-3-5-20(6-4-19)34-17-25(15-23(31)29-10-12-33-13-11-29)8-1-9-30(16-25)24(32)18-2-7-21(27)22(28)14-18/h2-7,14H,1,8-13,15-17H2/t25-/m0/s1. The van der Waals surface area contributed by atoms with E-state index in [0.717, 1.165) is 12.8 Å². The van der Waals surface area contributed by atoms with Crippen molar-refractivity contribution in [3.8, 4) is 5.75 Å². The number of morpholine rings is 1. The molecular weight excluding hydrogens is 499 g/mol. The molecule has 0 spiro atoms. The molecule has 2 heterocycles. The van der Waals surface area contributed by atoms with Gasteiger partial charge in [-0.05, 0) is 55.3 Å². The van der Waals surface area contributed by atoms with E-state index in [1.165, 1.54) is 0 Å². The number of nitrogens with zero attached hydrogens (tertiary/aromatic N) is 2. The third-order valence-corrected chi connectivity index (χ3v) is 7.35. The summed E-state index contributed by atoms with van der Waals surface area (Å²) in [5.74, 6) is 0.607. The number of likely N-dealkylation sites (tertiary alicyclic amines) is 1. The molecule has 9 heteroatoms. The minimum atomic E-state index is -0.515. The zero-order valence-electron chi connectivity index (χ0n) is 18.8. The molecule has 2 aromatic carbocycles. The summed E-state index contributed by atoms with van der Waals surface area (Å²) in [6.07, 6.45) is 1.85. The fraction of sp³-hybridized carbons (Fsp3) is 0.440. The number of piperidine rings is 1. The predicted octanol–water partition coefficient (Wildman–Crippen LogP) is 5.20. The van der Waals surface area contributed by atoms with Gasteiger partial charge in [0.25, 0.3) is 5.91 Å². The lowest BCUT2D eigenvalue weighted by molar-refractivity contribution is -0.139. The van der Waals surface area contributed by atoms with Crippen LogP contribution in [0.3, 0.4) is 0 Å². The Kier molecular flexibility index (Phi) is 8.25. The number of carbonyl (C=O) groups excluding carboxylic acids is 2. The molecule has 0 N–H and O–H groups in total. The molecule has 4 rings (SSSR count). The molecule has 0 radical (unpaired) electrons. The molecule has 0 saturated carbocycles. The summed E-state index contributed by atoms with van der Waals surface area (Å²) in [7, 11) is 0. The molecule has 182 valence electrons. The van der Waals surface area contributed by atoms with Gasteiger partial charge in [0.2, 0.25) is 5.91 Å². The molecule has 2 saturated heterocycles. The van der Waals surface area contributed by atoms with Gasteiger partial charge in [0, 0.05) is 48.6 Å². The monoisotopic (exact) mass is 524 g/mol. The fourth-order valence-electron chi connectivity index (χ4n) is 4.52. The van der Waals surface area contributed by atoms with Gasteiger partial charge in [-0.1, -0.05) is 34.8 Å². The van der Waals surface area contributed by atoms with Crippen LogP contribution in [-0.4, -0.2) is 67.6 Å². The molecule has 2 fully saturated rings. The van der Waals surface area contributed by atoms with Crippen molar-refractivity contribution in [2.75, 3.05) is 46.0 Å². The first-order chi connectivity index (χ1) is 16.3. The summed E-state index contributed by atoms with van der Waals surface area (Å²) >= 11 is 18.2. The quantitative estimate of drug-likeness (QED) is 0.520. The van der Waals surface area contributed by atoms with Crippen molar-refractivity contribution in [2.45, 2.75) is 19.3 Å². The molecule has 6 nitrogen and oxygen atoms in total. The summed E-state index contributed by atoms with van der Waals surface area (Å²) in [6, 6.07) is 12.0. The molecule has 2 aromatic rings. The predicted molar refractivity (Wildman–Crippen MR) is 133 cm³/mol. The smallest absolute Gasteiger partial charge is 0.253 e. The van der Waals surface area contributed by atoms with Crippen molar-refractivity contribution in [3.63, 3.8) is 0 Å². The highest BCUT2D eigenvalue weighted by Gasteiger charge is 2.41. The Bertz CT molecular complexity index is 1030. The lowest BCUT2D eigenvalue weighted by atomic mass is 9.77. The summed E-state index contributed by atoms with van der Waals surface area (Å²) in [5, 5.41) is 1.36. The first-order valence-corrected chi connectivity index (χ1v) is 12.5. The SMILES string of the molecule is O=C(C[C@@]1(COc2ccc(Cl)cc2)CCCN(C(=O)c2ccc(Cl)c(Cl)c2)C1)N1CCOCC1. The minimum Gasteiger partial charge on any atom is -0.493 e. The molecular formula is C25H27Cl3N2O4. The van der Waals surface area contributed by atoms with Gasteiger partial charge in [-0.2, -0.15) is 0 Å². The second kappa shape index (κ2) is 11.2. The average Bonchev–Trinajstić information content (AvgIpc) is 2.85. The Morgan fingerprint density at radius 3 is 2.38 bits per heavy atom. The third-order valence-electron chi connectivity index (χ3n) is 6.36. The van der Waals surface area contributed by atoms with E-state index < -0.39 is 5.41 Å². The Labute approximate surface area is 214 Å². The first kappa shape index (κ1) is 25.1. The number of hydrogen-bond acceptors (Lipinski definition) is 4. The van der Waals surface area contributed by atoms with E-state index in [2.05, 4.69) is 0 Å². The molecule has 34 heavy (non-hydrogen) atoms. The highest BCUT2D eigenvalue weighted by Crippen LogP contribution is 2.36. The van der Waals surface area contributed by atoms with Gasteiger partial charge in [0.05, 0.1) is 29.9 Å². The maximum absolute atomic E-state index is 13.3. The van der Waals surface area contributed by atoms with E-state index in [1.807, 2.05) is 4.90 Å². The van der Waals surface area contributed by atoms with E-state index >= 15 is 0 Å². The zero-order valence-corrected chi connectivity index (χ0v) is 21.0. The zero-order chi connectivity index (χ0) is 24.1. The van der Waals surface area contributed by atoms with Crippen LogP contribution in [0.15, 0.2) is 42.5 Å². The maximum atomic E-state index is 13.3. The van der Waals surface area contributed by atoms with Gasteiger partial charge in [-0.25, -0.2) is 0 Å². The van der Waals surface area contributed by atoms with Crippen molar-refractivity contribution in [3.05, 3.63) is 63.1 Å². The van der Waals surface area contributed by atoms with Crippen molar-refractivity contribution in [2.24, 2.45) is 5.41 Å². The van der Waals surface area contributed by atoms with Gasteiger partial charge in [0.1, 0.15) is 5.75 Å². The maximum Gasteiger partial charge on any atom is 0.253 e. The van der Waals surface area contributed by atoms with Crippen molar-refractivity contribution in [1.82, 2.24) is 9.80 Å². The van der Waals surface area contributed by atoms with Crippen LogP contribution in [0.4, 0.5) is 0 Å². The van der Waals surface area contributed by atoms with Crippen LogP contribution in [0.5, 0.6) is 5.75 Å². The third kappa shape index (κ3) is 6.16. The van der Waals surface area contributed by atoms with Crippen molar-refractivity contribution in [1.29, 1.82) is 0 Å². The second-order valence-corrected chi connectivity index (χ2v) is 10.1. The Hall–Kier alpha value is -1.99. The molecule has 0 unspecified atom stereocenters. The van der Waals surface area contributed by atoms with Crippen LogP contribution in [0.1, 0.15) is 29.6 Å². The lowest BCUT2D eigenvalue weighted by Gasteiger charge is -2.43.